The summed E-state index contributed by atoms with van der Waals surface area (Å²) in [6.07, 6.45) is 7.18. The SMILES string of the molecule is COc1cccc(C(NC(=O)CSc2ccc3c(c2)CCC3)c2nccn2C)c1. The van der Waals surface area contributed by atoms with Gasteiger partial charge in [-0.3, -0.25) is 4.79 Å². The molecule has 1 aliphatic carbocycles. The van der Waals surface area contributed by atoms with Gasteiger partial charge in [-0.2, -0.15) is 0 Å². The minimum atomic E-state index is -0.335. The van der Waals surface area contributed by atoms with Gasteiger partial charge in [0.15, 0.2) is 0 Å². The highest BCUT2D eigenvalue weighted by Crippen LogP contribution is 2.28. The van der Waals surface area contributed by atoms with Gasteiger partial charge in [-0.1, -0.05) is 18.2 Å². The standard InChI is InChI=1S/C23H25N3O2S/c1-26-12-11-24-23(26)22(18-7-4-8-19(13-18)28-2)25-21(27)15-29-20-10-9-16-5-3-6-17(16)14-20/h4,7-14,22H,3,5-6,15H2,1-2H3,(H,25,27). The number of imidazole rings is 1. The van der Waals surface area contributed by atoms with Gasteiger partial charge in [-0.15, -0.1) is 11.8 Å². The Morgan fingerprint density at radius 2 is 2.10 bits per heavy atom. The smallest absolute Gasteiger partial charge is 0.231 e. The van der Waals surface area contributed by atoms with Crippen LogP contribution in [0.1, 0.15) is 35.0 Å². The van der Waals surface area contributed by atoms with E-state index in [1.807, 2.05) is 42.1 Å². The van der Waals surface area contributed by atoms with E-state index in [0.717, 1.165) is 28.5 Å². The Hall–Kier alpha value is -2.73. The molecule has 29 heavy (non-hydrogen) atoms. The fraction of sp³-hybridized carbons (Fsp3) is 0.304. The van der Waals surface area contributed by atoms with Crippen molar-refractivity contribution in [3.05, 3.63) is 77.4 Å². The van der Waals surface area contributed by atoms with Crippen LogP contribution < -0.4 is 10.1 Å². The van der Waals surface area contributed by atoms with Crippen LogP contribution in [-0.2, 0) is 24.7 Å². The third-order valence-corrected chi connectivity index (χ3v) is 6.28. The number of carbonyl (C=O) groups excluding carboxylic acids is 1. The second-order valence-electron chi connectivity index (χ2n) is 7.25. The van der Waals surface area contributed by atoms with Gasteiger partial charge in [0, 0.05) is 24.3 Å². The highest BCUT2D eigenvalue weighted by molar-refractivity contribution is 8.00. The molecule has 1 aliphatic rings. The van der Waals surface area contributed by atoms with E-state index in [2.05, 4.69) is 28.5 Å². The van der Waals surface area contributed by atoms with Crippen molar-refractivity contribution in [3.63, 3.8) is 0 Å². The number of nitrogens with zero attached hydrogens (tertiary/aromatic N) is 2. The van der Waals surface area contributed by atoms with Crippen LogP contribution in [0.4, 0.5) is 0 Å². The molecule has 1 aromatic heterocycles. The zero-order valence-corrected chi connectivity index (χ0v) is 17.5. The van der Waals surface area contributed by atoms with Crippen molar-refractivity contribution in [2.75, 3.05) is 12.9 Å². The van der Waals surface area contributed by atoms with Crippen LogP contribution in [0.3, 0.4) is 0 Å². The third kappa shape index (κ3) is 4.48. The van der Waals surface area contributed by atoms with E-state index in [9.17, 15) is 4.79 Å². The van der Waals surface area contributed by atoms with Gasteiger partial charge in [-0.25, -0.2) is 4.98 Å². The summed E-state index contributed by atoms with van der Waals surface area (Å²) in [7, 11) is 3.57. The molecule has 3 aromatic rings. The Morgan fingerprint density at radius 3 is 2.90 bits per heavy atom. The number of carbonyl (C=O) groups is 1. The van der Waals surface area contributed by atoms with E-state index in [0.29, 0.717) is 5.75 Å². The number of hydrogen-bond donors (Lipinski definition) is 1. The van der Waals surface area contributed by atoms with E-state index in [-0.39, 0.29) is 11.9 Å². The van der Waals surface area contributed by atoms with E-state index in [1.165, 1.54) is 24.0 Å². The number of nitrogens with one attached hydrogen (secondary N) is 1. The van der Waals surface area contributed by atoms with Gasteiger partial charge in [-0.05, 0) is 60.2 Å². The van der Waals surface area contributed by atoms with Crippen LogP contribution in [-0.4, -0.2) is 28.3 Å². The van der Waals surface area contributed by atoms with Crippen LogP contribution in [0.15, 0.2) is 59.8 Å². The van der Waals surface area contributed by atoms with Crippen molar-refractivity contribution in [2.24, 2.45) is 7.05 Å². The molecule has 0 aliphatic heterocycles. The largest absolute Gasteiger partial charge is 0.497 e. The lowest BCUT2D eigenvalue weighted by Gasteiger charge is -2.20. The molecule has 1 N–H and O–H groups in total. The Morgan fingerprint density at radius 1 is 1.24 bits per heavy atom. The van der Waals surface area contributed by atoms with Gasteiger partial charge < -0.3 is 14.6 Å². The molecule has 0 fully saturated rings. The summed E-state index contributed by atoms with van der Waals surface area (Å²) in [6, 6.07) is 14.0. The molecule has 6 heteroatoms. The van der Waals surface area contributed by atoms with E-state index >= 15 is 0 Å². The molecule has 0 bridgehead atoms. The van der Waals surface area contributed by atoms with E-state index in [1.54, 1.807) is 25.1 Å². The molecule has 0 saturated carbocycles. The summed E-state index contributed by atoms with van der Waals surface area (Å²) in [5.41, 5.74) is 3.82. The summed E-state index contributed by atoms with van der Waals surface area (Å²) < 4.78 is 7.28. The molecule has 5 nitrogen and oxygen atoms in total. The highest BCUT2D eigenvalue weighted by atomic mass is 32.2. The number of aryl methyl sites for hydroxylation is 3. The van der Waals surface area contributed by atoms with Gasteiger partial charge in [0.05, 0.1) is 12.9 Å². The van der Waals surface area contributed by atoms with Crippen molar-refractivity contribution in [3.8, 4) is 5.75 Å². The molecule has 1 atom stereocenters. The van der Waals surface area contributed by atoms with Crippen molar-refractivity contribution < 1.29 is 9.53 Å². The fourth-order valence-corrected chi connectivity index (χ4v) is 4.53. The first kappa shape index (κ1) is 19.6. The number of thioether (sulfide) groups is 1. The lowest BCUT2D eigenvalue weighted by molar-refractivity contribution is -0.119. The van der Waals surface area contributed by atoms with Crippen LogP contribution >= 0.6 is 11.8 Å². The molecule has 0 saturated heterocycles. The molecule has 0 radical (unpaired) electrons. The lowest BCUT2D eigenvalue weighted by atomic mass is 10.1. The number of benzene rings is 2. The Balaban J connectivity index is 1.48. The van der Waals surface area contributed by atoms with Crippen LogP contribution in [0, 0.1) is 0 Å². The van der Waals surface area contributed by atoms with E-state index < -0.39 is 0 Å². The zero-order chi connectivity index (χ0) is 20.2. The van der Waals surface area contributed by atoms with Gasteiger partial charge >= 0.3 is 0 Å². The maximum atomic E-state index is 12.8. The summed E-state index contributed by atoms with van der Waals surface area (Å²) in [5, 5.41) is 3.15. The lowest BCUT2D eigenvalue weighted by Crippen LogP contribution is -2.32. The number of hydrogen-bond acceptors (Lipinski definition) is 4. The molecule has 1 unspecified atom stereocenters. The monoisotopic (exact) mass is 407 g/mol. The number of ether oxygens (including phenoxy) is 1. The maximum absolute atomic E-state index is 12.8. The zero-order valence-electron chi connectivity index (χ0n) is 16.7. The molecule has 0 spiro atoms. The quantitative estimate of drug-likeness (QED) is 0.603. The number of rotatable bonds is 7. The second kappa shape index (κ2) is 8.74. The van der Waals surface area contributed by atoms with Crippen molar-refractivity contribution in [2.45, 2.75) is 30.2 Å². The van der Waals surface area contributed by atoms with Crippen LogP contribution in [0.5, 0.6) is 5.75 Å². The minimum Gasteiger partial charge on any atom is -0.497 e. The average Bonchev–Trinajstić information content (AvgIpc) is 3.38. The summed E-state index contributed by atoms with van der Waals surface area (Å²) in [5.74, 6) is 1.88. The second-order valence-corrected chi connectivity index (χ2v) is 8.29. The normalized spacial score (nSPS) is 13.7. The minimum absolute atomic E-state index is 0.0219. The first-order valence-electron chi connectivity index (χ1n) is 9.79. The van der Waals surface area contributed by atoms with Crippen molar-refractivity contribution in [1.29, 1.82) is 0 Å². The third-order valence-electron chi connectivity index (χ3n) is 5.29. The molecule has 4 rings (SSSR count). The Bertz CT molecular complexity index is 1010. The summed E-state index contributed by atoms with van der Waals surface area (Å²) >= 11 is 1.58. The van der Waals surface area contributed by atoms with Gasteiger partial charge in [0.1, 0.15) is 17.6 Å². The van der Waals surface area contributed by atoms with Crippen LogP contribution in [0.2, 0.25) is 0 Å². The van der Waals surface area contributed by atoms with Crippen molar-refractivity contribution >= 4 is 17.7 Å². The predicted molar refractivity (Wildman–Crippen MR) is 115 cm³/mol. The Kier molecular flexibility index (Phi) is 5.90. The van der Waals surface area contributed by atoms with Crippen molar-refractivity contribution in [1.82, 2.24) is 14.9 Å². The van der Waals surface area contributed by atoms with Gasteiger partial charge in [0.25, 0.3) is 0 Å². The number of methoxy groups -OCH3 is 1. The number of aromatic nitrogens is 2. The Labute approximate surface area is 175 Å². The molecular formula is C23H25N3O2S. The summed E-state index contributed by atoms with van der Waals surface area (Å²) in [4.78, 5) is 18.4. The topological polar surface area (TPSA) is 56.1 Å². The van der Waals surface area contributed by atoms with Gasteiger partial charge in [0.2, 0.25) is 5.91 Å². The molecule has 1 amide bonds. The number of fused-ring (bicyclic) bond motifs is 1. The molecule has 150 valence electrons. The molecule has 1 heterocycles. The molecular weight excluding hydrogens is 382 g/mol. The highest BCUT2D eigenvalue weighted by Gasteiger charge is 2.21. The summed E-state index contributed by atoms with van der Waals surface area (Å²) in [6.45, 7) is 0. The number of amides is 1. The van der Waals surface area contributed by atoms with Crippen LogP contribution in [0.25, 0.3) is 0 Å². The molecule has 2 aromatic carbocycles. The first-order chi connectivity index (χ1) is 14.1. The fourth-order valence-electron chi connectivity index (χ4n) is 3.76. The predicted octanol–water partition coefficient (Wildman–Crippen LogP) is 3.92. The first-order valence-corrected chi connectivity index (χ1v) is 10.8. The average molecular weight is 408 g/mol. The maximum Gasteiger partial charge on any atom is 0.231 e. The van der Waals surface area contributed by atoms with E-state index in [4.69, 9.17) is 4.74 Å².